The minimum atomic E-state index is -3.89. The molecule has 136 valence electrons. The molecule has 4 atom stereocenters. The zero-order valence-electron chi connectivity index (χ0n) is 13.8. The third-order valence-corrected chi connectivity index (χ3v) is 6.36. The predicted octanol–water partition coefficient (Wildman–Crippen LogP) is 0.393. The summed E-state index contributed by atoms with van der Waals surface area (Å²) in [5, 5.41) is 0. The molecule has 9 heteroatoms. The van der Waals surface area contributed by atoms with Crippen LogP contribution in [0.4, 0.5) is 0 Å². The average molecular weight is 370 g/mol. The number of rotatable bonds is 2. The summed E-state index contributed by atoms with van der Waals surface area (Å²) in [5.41, 5.74) is -3.93. The summed E-state index contributed by atoms with van der Waals surface area (Å²) in [6.45, 7) is 2.25. The van der Waals surface area contributed by atoms with Gasteiger partial charge in [0.2, 0.25) is 5.41 Å². The molecule has 0 amide bonds. The Morgan fingerprint density at radius 1 is 1.24 bits per heavy atom. The van der Waals surface area contributed by atoms with Crippen LogP contribution in [-0.4, -0.2) is 56.9 Å². The molecule has 1 aliphatic carbocycles. The molecule has 5 heterocycles. The van der Waals surface area contributed by atoms with Crippen molar-refractivity contribution in [2.45, 2.75) is 42.9 Å². The maximum Gasteiger partial charge on any atom is 0.329 e. The van der Waals surface area contributed by atoms with Gasteiger partial charge < -0.3 is 23.1 Å². The fourth-order valence-electron chi connectivity index (χ4n) is 4.96. The van der Waals surface area contributed by atoms with Crippen molar-refractivity contribution in [1.82, 2.24) is 0 Å². The zero-order chi connectivity index (χ0) is 17.7. The van der Waals surface area contributed by atoms with E-state index in [0.29, 0.717) is 26.1 Å². The second kappa shape index (κ2) is 4.28. The second-order valence-corrected chi connectivity index (χ2v) is 8.93. The van der Waals surface area contributed by atoms with E-state index in [1.54, 1.807) is 6.92 Å². The third kappa shape index (κ3) is 1.63. The van der Waals surface area contributed by atoms with Gasteiger partial charge in [0.25, 0.3) is 0 Å². The zero-order valence-corrected chi connectivity index (χ0v) is 14.6. The van der Waals surface area contributed by atoms with Crippen LogP contribution < -0.4 is 0 Å². The number of carbonyl (C=O) groups is 1. The van der Waals surface area contributed by atoms with Gasteiger partial charge in [-0.1, -0.05) is 12.2 Å². The van der Waals surface area contributed by atoms with E-state index in [2.05, 4.69) is 0 Å². The molecular formula is C16H18O8S. The SMILES string of the molecule is C[C@]12C=C(OS(C)(=O)=O)[C@@]3(C(=O)O1)C1(CC[C@]34C=C[C@H]2O4)OCCO1. The first-order valence-electron chi connectivity index (χ1n) is 8.18. The number of fused-ring (bicyclic) bond motifs is 1. The Hall–Kier alpha value is -1.42. The van der Waals surface area contributed by atoms with Gasteiger partial charge >= 0.3 is 16.1 Å². The topological polar surface area (TPSA) is 97.4 Å². The van der Waals surface area contributed by atoms with Crippen LogP contribution in [0, 0.1) is 5.41 Å². The van der Waals surface area contributed by atoms with Crippen molar-refractivity contribution in [2.24, 2.45) is 5.41 Å². The Morgan fingerprint density at radius 2 is 1.96 bits per heavy atom. The van der Waals surface area contributed by atoms with Gasteiger partial charge in [0.15, 0.2) is 11.4 Å². The first-order valence-corrected chi connectivity index (χ1v) is 10.00. The van der Waals surface area contributed by atoms with Crippen LogP contribution in [-0.2, 0) is 38.0 Å². The fourth-order valence-corrected chi connectivity index (χ4v) is 5.46. The fraction of sp³-hybridized carbons (Fsp3) is 0.688. The summed E-state index contributed by atoms with van der Waals surface area (Å²) >= 11 is 0. The van der Waals surface area contributed by atoms with E-state index in [-0.39, 0.29) is 5.76 Å². The summed E-state index contributed by atoms with van der Waals surface area (Å²) in [5.74, 6) is -2.03. The smallest absolute Gasteiger partial charge is 0.329 e. The summed E-state index contributed by atoms with van der Waals surface area (Å²) < 4.78 is 53.0. The van der Waals surface area contributed by atoms with Crippen molar-refractivity contribution in [1.29, 1.82) is 0 Å². The highest BCUT2D eigenvalue weighted by Gasteiger charge is 2.83. The lowest BCUT2D eigenvalue weighted by Crippen LogP contribution is -2.63. The second-order valence-electron chi connectivity index (χ2n) is 7.36. The van der Waals surface area contributed by atoms with Crippen LogP contribution in [0.2, 0.25) is 0 Å². The molecule has 1 saturated carbocycles. The highest BCUT2D eigenvalue weighted by molar-refractivity contribution is 7.86. The standard InChI is InChI=1S/C16H18O8S/c1-13-9-11(24-25(2,18)19)16(12(17)23-13)14(4-3-10(13)22-14)5-6-15(16)20-7-8-21-15/h3-4,9-10H,5-8H2,1-2H3/t10-,13-,14-,16+/m1/s1. The Balaban J connectivity index is 1.84. The average Bonchev–Trinajstić information content (AvgIpc) is 3.15. The maximum absolute atomic E-state index is 13.3. The maximum atomic E-state index is 13.3. The van der Waals surface area contributed by atoms with Crippen molar-refractivity contribution in [3.8, 4) is 0 Å². The van der Waals surface area contributed by atoms with Crippen LogP contribution in [0.15, 0.2) is 24.0 Å². The van der Waals surface area contributed by atoms with Gasteiger partial charge in [-0.05, 0) is 13.3 Å². The third-order valence-electron chi connectivity index (χ3n) is 5.88. The van der Waals surface area contributed by atoms with Gasteiger partial charge in [0.05, 0.1) is 19.5 Å². The molecule has 4 bridgehead atoms. The predicted molar refractivity (Wildman–Crippen MR) is 81.6 cm³/mol. The van der Waals surface area contributed by atoms with E-state index >= 15 is 0 Å². The number of esters is 1. The summed E-state index contributed by atoms with van der Waals surface area (Å²) in [6.07, 6.45) is 6.39. The van der Waals surface area contributed by atoms with Crippen molar-refractivity contribution in [3.05, 3.63) is 24.0 Å². The molecule has 0 aromatic carbocycles. The Morgan fingerprint density at radius 3 is 2.64 bits per heavy atom. The first kappa shape index (κ1) is 15.8. The van der Waals surface area contributed by atoms with Crippen molar-refractivity contribution in [2.75, 3.05) is 19.5 Å². The van der Waals surface area contributed by atoms with Gasteiger partial charge in [-0.25, -0.2) is 0 Å². The molecule has 0 N–H and O–H groups in total. The Labute approximate surface area is 144 Å². The molecule has 6 aliphatic rings. The van der Waals surface area contributed by atoms with Crippen molar-refractivity contribution >= 4 is 16.1 Å². The molecule has 3 fully saturated rings. The molecule has 25 heavy (non-hydrogen) atoms. The van der Waals surface area contributed by atoms with E-state index in [0.717, 1.165) is 6.26 Å². The number of hydrogen-bond donors (Lipinski definition) is 0. The van der Waals surface area contributed by atoms with Crippen molar-refractivity contribution < 1.29 is 36.3 Å². The van der Waals surface area contributed by atoms with E-state index < -0.39 is 44.6 Å². The lowest BCUT2D eigenvalue weighted by Gasteiger charge is -2.47. The van der Waals surface area contributed by atoms with Crippen molar-refractivity contribution in [3.63, 3.8) is 0 Å². The summed E-state index contributed by atoms with van der Waals surface area (Å²) in [6, 6.07) is 0. The van der Waals surface area contributed by atoms with E-state index in [4.69, 9.17) is 23.1 Å². The van der Waals surface area contributed by atoms with Crippen LogP contribution in [0.25, 0.3) is 0 Å². The van der Waals surface area contributed by atoms with Crippen LogP contribution in [0.1, 0.15) is 19.8 Å². The molecule has 3 spiro atoms. The molecule has 0 radical (unpaired) electrons. The Bertz CT molecular complexity index is 838. The van der Waals surface area contributed by atoms with Gasteiger partial charge in [0, 0.05) is 12.5 Å². The molecule has 0 aromatic heterocycles. The largest absolute Gasteiger partial charge is 0.451 e. The lowest BCUT2D eigenvalue weighted by molar-refractivity contribution is -0.246. The number of carbonyl (C=O) groups excluding carboxylic acids is 1. The van der Waals surface area contributed by atoms with Crippen LogP contribution in [0.3, 0.4) is 0 Å². The minimum Gasteiger partial charge on any atom is -0.451 e. The van der Waals surface area contributed by atoms with E-state index in [9.17, 15) is 13.2 Å². The Kier molecular flexibility index (Phi) is 2.70. The quantitative estimate of drug-likeness (QED) is 0.391. The molecular weight excluding hydrogens is 352 g/mol. The van der Waals surface area contributed by atoms with Gasteiger partial charge in [-0.3, -0.25) is 4.79 Å². The van der Waals surface area contributed by atoms with Crippen LogP contribution >= 0.6 is 0 Å². The monoisotopic (exact) mass is 370 g/mol. The molecule has 8 nitrogen and oxygen atoms in total. The molecule has 0 aromatic rings. The number of hydrogen-bond acceptors (Lipinski definition) is 8. The highest BCUT2D eigenvalue weighted by atomic mass is 32.2. The molecule has 2 saturated heterocycles. The molecule has 6 rings (SSSR count). The summed E-state index contributed by atoms with van der Waals surface area (Å²) in [4.78, 5) is 13.3. The van der Waals surface area contributed by atoms with E-state index in [1.165, 1.54) is 6.08 Å². The molecule has 5 aliphatic heterocycles. The first-order chi connectivity index (χ1) is 11.7. The lowest BCUT2D eigenvalue weighted by atomic mass is 9.67. The molecule has 0 unspecified atom stereocenters. The van der Waals surface area contributed by atoms with Gasteiger partial charge in [0.1, 0.15) is 17.5 Å². The number of ether oxygens (including phenoxy) is 4. The van der Waals surface area contributed by atoms with Gasteiger partial charge in [-0.15, -0.1) is 0 Å². The van der Waals surface area contributed by atoms with Crippen LogP contribution in [0.5, 0.6) is 0 Å². The van der Waals surface area contributed by atoms with E-state index in [1.807, 2.05) is 12.2 Å². The minimum absolute atomic E-state index is 0.0278. The summed E-state index contributed by atoms with van der Waals surface area (Å²) in [7, 11) is -3.89. The van der Waals surface area contributed by atoms with Gasteiger partial charge in [-0.2, -0.15) is 8.42 Å². The normalized spacial score (nSPS) is 46.1. The highest BCUT2D eigenvalue weighted by Crippen LogP contribution is 2.69.